The fraction of sp³-hybridized carbons (Fsp3) is 1.00. The Balaban J connectivity index is 2.39. The van der Waals surface area contributed by atoms with Crippen LogP contribution in [-0.2, 0) is 10.2 Å². The molecule has 0 radical (unpaired) electrons. The molecule has 1 fully saturated rings. The van der Waals surface area contributed by atoms with Gasteiger partial charge < -0.3 is 5.32 Å². The van der Waals surface area contributed by atoms with Crippen molar-refractivity contribution in [2.24, 2.45) is 11.8 Å². The Kier molecular flexibility index (Phi) is 6.91. The summed E-state index contributed by atoms with van der Waals surface area (Å²) in [5.74, 6) is 1.02. The topological polar surface area (TPSA) is 61.4 Å². The molecule has 3 unspecified atom stereocenters. The van der Waals surface area contributed by atoms with E-state index in [-0.39, 0.29) is 6.04 Å². The van der Waals surface area contributed by atoms with Gasteiger partial charge in [-0.3, -0.25) is 0 Å². The normalized spacial score (nSPS) is 27.6. The molecule has 0 heterocycles. The number of nitrogens with zero attached hydrogens (tertiary/aromatic N) is 1. The first-order chi connectivity index (χ1) is 9.24. The van der Waals surface area contributed by atoms with Crippen LogP contribution in [0.15, 0.2) is 0 Å². The lowest BCUT2D eigenvalue weighted by atomic mass is 9.98. The molecule has 120 valence electrons. The maximum Gasteiger partial charge on any atom is 0.279 e. The molecule has 0 bridgehead atoms. The van der Waals surface area contributed by atoms with Gasteiger partial charge >= 0.3 is 0 Å². The molecule has 0 saturated heterocycles. The van der Waals surface area contributed by atoms with E-state index in [4.69, 9.17) is 0 Å². The second kappa shape index (κ2) is 7.73. The van der Waals surface area contributed by atoms with Crippen LogP contribution in [0.2, 0.25) is 0 Å². The zero-order chi connectivity index (χ0) is 15.3. The molecule has 0 amide bonds. The van der Waals surface area contributed by atoms with Crippen LogP contribution < -0.4 is 10.0 Å². The van der Waals surface area contributed by atoms with Crippen molar-refractivity contribution in [3.05, 3.63) is 0 Å². The zero-order valence-electron chi connectivity index (χ0n) is 13.5. The van der Waals surface area contributed by atoms with E-state index in [1.807, 2.05) is 0 Å². The van der Waals surface area contributed by atoms with E-state index in [9.17, 15) is 8.42 Å². The molecule has 2 N–H and O–H groups in total. The van der Waals surface area contributed by atoms with E-state index in [2.05, 4.69) is 37.7 Å². The van der Waals surface area contributed by atoms with E-state index >= 15 is 0 Å². The Hall–Kier alpha value is -0.170. The highest BCUT2D eigenvalue weighted by Crippen LogP contribution is 2.31. The highest BCUT2D eigenvalue weighted by molar-refractivity contribution is 7.87. The molecule has 1 aliphatic carbocycles. The minimum Gasteiger partial charge on any atom is -0.314 e. The van der Waals surface area contributed by atoms with Crippen LogP contribution in [0.3, 0.4) is 0 Å². The first kappa shape index (κ1) is 17.9. The average molecular weight is 305 g/mol. The van der Waals surface area contributed by atoms with Gasteiger partial charge in [-0.2, -0.15) is 17.4 Å². The maximum atomic E-state index is 12.3. The summed E-state index contributed by atoms with van der Waals surface area (Å²) in [5.41, 5.74) is 0. The molecule has 1 aliphatic rings. The van der Waals surface area contributed by atoms with E-state index < -0.39 is 10.2 Å². The zero-order valence-corrected chi connectivity index (χ0v) is 14.3. The largest absolute Gasteiger partial charge is 0.314 e. The molecular weight excluding hydrogens is 274 g/mol. The van der Waals surface area contributed by atoms with Crippen molar-refractivity contribution in [1.82, 2.24) is 14.3 Å². The third kappa shape index (κ3) is 5.31. The molecule has 0 aromatic rings. The Labute approximate surface area is 124 Å². The van der Waals surface area contributed by atoms with Crippen LogP contribution in [0.4, 0.5) is 0 Å². The van der Waals surface area contributed by atoms with Crippen molar-refractivity contribution in [2.45, 2.75) is 59.0 Å². The van der Waals surface area contributed by atoms with Crippen LogP contribution in [0.5, 0.6) is 0 Å². The number of nitrogens with one attached hydrogen (secondary N) is 2. The SMILES string of the molecule is CC(C)NCCCN(C)S(=O)(=O)NC1CCC(C)C1C. The van der Waals surface area contributed by atoms with Crippen LogP contribution >= 0.6 is 0 Å². The Morgan fingerprint density at radius 1 is 1.25 bits per heavy atom. The van der Waals surface area contributed by atoms with Gasteiger partial charge in [0.15, 0.2) is 0 Å². The summed E-state index contributed by atoms with van der Waals surface area (Å²) in [7, 11) is -1.69. The molecule has 5 nitrogen and oxygen atoms in total. The van der Waals surface area contributed by atoms with E-state index in [1.165, 1.54) is 4.31 Å². The van der Waals surface area contributed by atoms with Gasteiger partial charge in [-0.1, -0.05) is 27.7 Å². The number of hydrogen-bond donors (Lipinski definition) is 2. The van der Waals surface area contributed by atoms with Crippen molar-refractivity contribution in [2.75, 3.05) is 20.1 Å². The fourth-order valence-corrected chi connectivity index (χ4v) is 3.89. The Bertz CT molecular complexity index is 384. The van der Waals surface area contributed by atoms with Gasteiger partial charge in [0, 0.05) is 25.7 Å². The molecule has 1 saturated carbocycles. The molecular formula is C14H31N3O2S. The first-order valence-corrected chi connectivity index (χ1v) is 9.15. The smallest absolute Gasteiger partial charge is 0.279 e. The Morgan fingerprint density at radius 3 is 2.40 bits per heavy atom. The standard InChI is InChI=1S/C14H31N3O2S/c1-11(2)15-9-6-10-17(5)20(18,19)16-14-8-7-12(3)13(14)4/h11-16H,6-10H2,1-5H3. The summed E-state index contributed by atoms with van der Waals surface area (Å²) >= 11 is 0. The second-order valence-electron chi connectivity index (χ2n) is 6.43. The monoisotopic (exact) mass is 305 g/mol. The third-order valence-electron chi connectivity index (χ3n) is 4.38. The summed E-state index contributed by atoms with van der Waals surface area (Å²) in [6, 6.07) is 0.530. The lowest BCUT2D eigenvalue weighted by molar-refractivity contribution is 0.384. The van der Waals surface area contributed by atoms with E-state index in [0.717, 1.165) is 25.8 Å². The molecule has 0 aromatic heterocycles. The molecule has 6 heteroatoms. The quantitative estimate of drug-likeness (QED) is 0.669. The van der Waals surface area contributed by atoms with Crippen LogP contribution in [0, 0.1) is 11.8 Å². The van der Waals surface area contributed by atoms with Crippen molar-refractivity contribution in [1.29, 1.82) is 0 Å². The first-order valence-electron chi connectivity index (χ1n) is 7.71. The maximum absolute atomic E-state index is 12.3. The van der Waals surface area contributed by atoms with Crippen LogP contribution in [0.1, 0.15) is 47.0 Å². The summed E-state index contributed by atoms with van der Waals surface area (Å²) in [5, 5.41) is 3.30. The van der Waals surface area contributed by atoms with E-state index in [0.29, 0.717) is 24.4 Å². The van der Waals surface area contributed by atoms with Crippen molar-refractivity contribution in [3.63, 3.8) is 0 Å². The van der Waals surface area contributed by atoms with Gasteiger partial charge in [0.1, 0.15) is 0 Å². The van der Waals surface area contributed by atoms with Gasteiger partial charge in [-0.15, -0.1) is 0 Å². The van der Waals surface area contributed by atoms with Crippen molar-refractivity contribution < 1.29 is 8.42 Å². The fourth-order valence-electron chi connectivity index (χ4n) is 2.62. The summed E-state index contributed by atoms with van der Waals surface area (Å²) < 4.78 is 28.8. The highest BCUT2D eigenvalue weighted by atomic mass is 32.2. The minimum atomic E-state index is -3.35. The average Bonchev–Trinajstić information content (AvgIpc) is 2.65. The molecule has 3 atom stereocenters. The molecule has 0 aliphatic heterocycles. The molecule has 0 spiro atoms. The van der Waals surface area contributed by atoms with Gasteiger partial charge in [-0.25, -0.2) is 0 Å². The third-order valence-corrected chi connectivity index (χ3v) is 5.98. The van der Waals surface area contributed by atoms with Gasteiger partial charge in [0.05, 0.1) is 0 Å². The predicted molar refractivity (Wildman–Crippen MR) is 83.8 cm³/mol. The minimum absolute atomic E-state index is 0.0891. The lowest BCUT2D eigenvalue weighted by Crippen LogP contribution is -2.45. The lowest BCUT2D eigenvalue weighted by Gasteiger charge is -2.24. The van der Waals surface area contributed by atoms with E-state index in [1.54, 1.807) is 7.05 Å². The van der Waals surface area contributed by atoms with Gasteiger partial charge in [0.2, 0.25) is 0 Å². The van der Waals surface area contributed by atoms with Crippen LogP contribution in [-0.4, -0.2) is 44.9 Å². The van der Waals surface area contributed by atoms with Crippen molar-refractivity contribution in [3.8, 4) is 0 Å². The summed E-state index contributed by atoms with van der Waals surface area (Å²) in [6.07, 6.45) is 2.88. The molecule has 1 rings (SSSR count). The van der Waals surface area contributed by atoms with Gasteiger partial charge in [-0.05, 0) is 37.6 Å². The molecule has 20 heavy (non-hydrogen) atoms. The second-order valence-corrected chi connectivity index (χ2v) is 8.24. The van der Waals surface area contributed by atoms with Crippen molar-refractivity contribution >= 4 is 10.2 Å². The van der Waals surface area contributed by atoms with Gasteiger partial charge in [0.25, 0.3) is 10.2 Å². The highest BCUT2D eigenvalue weighted by Gasteiger charge is 2.33. The number of rotatable bonds is 8. The number of hydrogen-bond acceptors (Lipinski definition) is 3. The van der Waals surface area contributed by atoms with Crippen LogP contribution in [0.25, 0.3) is 0 Å². The predicted octanol–water partition coefficient (Wildman–Crippen LogP) is 1.58. The summed E-state index contributed by atoms with van der Waals surface area (Å²) in [6.45, 7) is 9.90. The molecule has 0 aromatic carbocycles. The Morgan fingerprint density at radius 2 is 1.90 bits per heavy atom. The summed E-state index contributed by atoms with van der Waals surface area (Å²) in [4.78, 5) is 0.